The summed E-state index contributed by atoms with van der Waals surface area (Å²) in [7, 11) is 0. The first-order chi connectivity index (χ1) is 15.8. The number of fused-ring (bicyclic) bond motifs is 1. The predicted molar refractivity (Wildman–Crippen MR) is 139 cm³/mol. The zero-order valence-corrected chi connectivity index (χ0v) is 21.7. The van der Waals surface area contributed by atoms with Gasteiger partial charge in [0.05, 0.1) is 23.1 Å². The van der Waals surface area contributed by atoms with Crippen molar-refractivity contribution in [2.24, 2.45) is 0 Å². The van der Waals surface area contributed by atoms with E-state index in [0.29, 0.717) is 28.7 Å². The van der Waals surface area contributed by atoms with Crippen LogP contribution in [0.2, 0.25) is 0 Å². The molecule has 1 atom stereocenters. The fourth-order valence-corrected chi connectivity index (χ4v) is 5.35. The lowest BCUT2D eigenvalue weighted by atomic mass is 9.82. The smallest absolute Gasteiger partial charge is 0.265 e. The molecule has 4 rings (SSSR count). The number of rotatable bonds is 5. The third-order valence-electron chi connectivity index (χ3n) is 6.06. The maximum atomic E-state index is 12.9. The molecule has 2 aliphatic heterocycles. The van der Waals surface area contributed by atoms with E-state index in [0.717, 1.165) is 22.3 Å². The molecule has 0 aliphatic carbocycles. The van der Waals surface area contributed by atoms with E-state index in [2.05, 4.69) is 32.2 Å². The van der Waals surface area contributed by atoms with E-state index in [1.807, 2.05) is 30.3 Å². The fraction of sp³-hybridized carbons (Fsp3) is 0.423. The number of benzene rings is 2. The number of carbonyl (C=O) groups is 2. The second-order valence-electron chi connectivity index (χ2n) is 10.4. The van der Waals surface area contributed by atoms with Gasteiger partial charge in [-0.25, -0.2) is 0 Å². The van der Waals surface area contributed by atoms with Crippen LogP contribution in [0, 0.1) is 0 Å². The third-order valence-corrected chi connectivity index (χ3v) is 7.43. The monoisotopic (exact) mass is 498 g/mol. The fourth-order valence-electron chi connectivity index (χ4n) is 4.04. The van der Waals surface area contributed by atoms with Gasteiger partial charge in [-0.3, -0.25) is 9.59 Å². The number of nitrogens with zero attached hydrogens (tertiary/aromatic N) is 1. The van der Waals surface area contributed by atoms with E-state index >= 15 is 0 Å². The molecular formula is C26H30N2O4S2. The molecule has 1 fully saturated rings. The molecule has 0 bridgehead atoms. The summed E-state index contributed by atoms with van der Waals surface area (Å²) >= 11 is 6.46. The van der Waals surface area contributed by atoms with Gasteiger partial charge >= 0.3 is 0 Å². The van der Waals surface area contributed by atoms with Gasteiger partial charge in [0.1, 0.15) is 10.1 Å². The van der Waals surface area contributed by atoms with Gasteiger partial charge in [-0.05, 0) is 60.1 Å². The van der Waals surface area contributed by atoms with Gasteiger partial charge in [-0.1, -0.05) is 69.0 Å². The first-order valence-corrected chi connectivity index (χ1v) is 12.5. The van der Waals surface area contributed by atoms with Crippen LogP contribution >= 0.6 is 24.0 Å². The summed E-state index contributed by atoms with van der Waals surface area (Å²) in [6, 6.07) is 11.8. The minimum atomic E-state index is -1.00. The average molecular weight is 499 g/mol. The SMILES string of the molecule is CC(C)(C)c1cc(CN2C(=O)COc3ccc(CC4SC(=S)NC4=O)cc32)cc(C(C)(C)O)c1. The molecule has 2 aromatic carbocycles. The van der Waals surface area contributed by atoms with Gasteiger partial charge in [0.2, 0.25) is 5.91 Å². The van der Waals surface area contributed by atoms with Crippen LogP contribution in [0.4, 0.5) is 5.69 Å². The summed E-state index contributed by atoms with van der Waals surface area (Å²) in [4.78, 5) is 26.8. The van der Waals surface area contributed by atoms with Gasteiger partial charge in [-0.2, -0.15) is 0 Å². The van der Waals surface area contributed by atoms with Crippen molar-refractivity contribution in [1.29, 1.82) is 0 Å². The van der Waals surface area contributed by atoms with Crippen molar-refractivity contribution in [1.82, 2.24) is 5.32 Å². The average Bonchev–Trinajstić information content (AvgIpc) is 3.05. The van der Waals surface area contributed by atoms with Gasteiger partial charge < -0.3 is 20.1 Å². The number of nitrogens with one attached hydrogen (secondary N) is 1. The van der Waals surface area contributed by atoms with E-state index in [1.54, 1.807) is 18.7 Å². The number of ether oxygens (including phenoxy) is 1. The van der Waals surface area contributed by atoms with Crippen molar-refractivity contribution in [2.45, 2.75) is 63.9 Å². The van der Waals surface area contributed by atoms with Crippen LogP contribution in [0.15, 0.2) is 36.4 Å². The Bertz CT molecular complexity index is 1130. The highest BCUT2D eigenvalue weighted by atomic mass is 32.2. The molecule has 0 radical (unpaired) electrons. The molecule has 0 spiro atoms. The molecule has 2 aliphatic rings. The Labute approximate surface area is 210 Å². The topological polar surface area (TPSA) is 78.9 Å². The molecule has 1 saturated heterocycles. The first kappa shape index (κ1) is 24.7. The Kier molecular flexibility index (Phi) is 6.52. The van der Waals surface area contributed by atoms with Crippen molar-refractivity contribution in [3.05, 3.63) is 58.7 Å². The number of thiocarbonyl (C=S) groups is 1. The lowest BCUT2D eigenvalue weighted by molar-refractivity contribution is -0.121. The van der Waals surface area contributed by atoms with Crippen molar-refractivity contribution < 1.29 is 19.4 Å². The molecule has 2 aromatic rings. The Hall–Kier alpha value is -2.42. The van der Waals surface area contributed by atoms with Crippen molar-refractivity contribution in [3.63, 3.8) is 0 Å². The number of amides is 2. The summed E-state index contributed by atoms with van der Waals surface area (Å²) < 4.78 is 6.18. The summed E-state index contributed by atoms with van der Waals surface area (Å²) in [6.45, 7) is 10.2. The number of thioether (sulfide) groups is 1. The molecule has 0 aromatic heterocycles. The van der Waals surface area contributed by atoms with E-state index in [-0.39, 0.29) is 29.1 Å². The second-order valence-corrected chi connectivity index (χ2v) is 12.3. The molecule has 34 heavy (non-hydrogen) atoms. The summed E-state index contributed by atoms with van der Waals surface area (Å²) in [5, 5.41) is 13.1. The predicted octanol–water partition coefficient (Wildman–Crippen LogP) is 4.20. The molecular weight excluding hydrogens is 468 g/mol. The minimum Gasteiger partial charge on any atom is -0.482 e. The number of aliphatic hydroxyl groups is 1. The summed E-state index contributed by atoms with van der Waals surface area (Å²) in [5.41, 5.74) is 3.34. The number of hydrogen-bond acceptors (Lipinski definition) is 6. The third kappa shape index (κ3) is 5.29. The standard InChI is InChI=1S/C26H30N2O4S2/c1-25(2,3)17-8-16(9-18(12-17)26(4,5)31)13-28-19-10-15(6-7-20(19)32-14-22(28)29)11-21-23(30)27-24(33)34-21/h6-10,12,21,31H,11,13-14H2,1-5H3,(H,27,30,33). The van der Waals surface area contributed by atoms with Crippen LogP contribution in [0.1, 0.15) is 56.9 Å². The Morgan fingerprint density at radius 1 is 1.09 bits per heavy atom. The lowest BCUT2D eigenvalue weighted by Crippen LogP contribution is -2.38. The van der Waals surface area contributed by atoms with Crippen LogP contribution in [-0.4, -0.2) is 33.1 Å². The second kappa shape index (κ2) is 8.98. The lowest BCUT2D eigenvalue weighted by Gasteiger charge is -2.31. The van der Waals surface area contributed by atoms with Crippen LogP contribution in [0.25, 0.3) is 0 Å². The largest absolute Gasteiger partial charge is 0.482 e. The number of carbonyl (C=O) groups excluding carboxylic acids is 2. The normalized spacial score (nSPS) is 18.6. The molecule has 2 heterocycles. The van der Waals surface area contributed by atoms with Crippen molar-refractivity contribution >= 4 is 45.8 Å². The highest BCUT2D eigenvalue weighted by Gasteiger charge is 2.31. The Balaban J connectivity index is 1.68. The molecule has 8 heteroatoms. The van der Waals surface area contributed by atoms with Crippen LogP contribution < -0.4 is 15.0 Å². The number of anilines is 1. The highest BCUT2D eigenvalue weighted by molar-refractivity contribution is 8.24. The van der Waals surface area contributed by atoms with Gasteiger partial charge in [0.25, 0.3) is 5.91 Å². The van der Waals surface area contributed by atoms with E-state index in [1.165, 1.54) is 11.8 Å². The maximum Gasteiger partial charge on any atom is 0.265 e. The molecule has 0 saturated carbocycles. The van der Waals surface area contributed by atoms with Gasteiger partial charge in [-0.15, -0.1) is 0 Å². The Morgan fingerprint density at radius 2 is 1.79 bits per heavy atom. The number of hydrogen-bond donors (Lipinski definition) is 2. The van der Waals surface area contributed by atoms with Gasteiger partial charge in [0, 0.05) is 0 Å². The van der Waals surface area contributed by atoms with Crippen LogP contribution in [0.5, 0.6) is 5.75 Å². The van der Waals surface area contributed by atoms with Gasteiger partial charge in [0.15, 0.2) is 6.61 Å². The summed E-state index contributed by atoms with van der Waals surface area (Å²) in [6.07, 6.45) is 0.508. The van der Waals surface area contributed by atoms with Crippen molar-refractivity contribution in [2.75, 3.05) is 11.5 Å². The summed E-state index contributed by atoms with van der Waals surface area (Å²) in [5.74, 6) is 0.414. The van der Waals surface area contributed by atoms with Crippen molar-refractivity contribution in [3.8, 4) is 5.75 Å². The minimum absolute atomic E-state index is 0.0290. The van der Waals surface area contributed by atoms with E-state index < -0.39 is 5.60 Å². The molecule has 6 nitrogen and oxygen atoms in total. The van der Waals surface area contributed by atoms with Crippen LogP contribution in [-0.2, 0) is 33.6 Å². The van der Waals surface area contributed by atoms with E-state index in [9.17, 15) is 14.7 Å². The first-order valence-electron chi connectivity index (χ1n) is 11.3. The highest BCUT2D eigenvalue weighted by Crippen LogP contribution is 2.36. The van der Waals surface area contributed by atoms with Crippen LogP contribution in [0.3, 0.4) is 0 Å². The maximum absolute atomic E-state index is 12.9. The molecule has 1 unspecified atom stereocenters. The van der Waals surface area contributed by atoms with E-state index in [4.69, 9.17) is 17.0 Å². The quantitative estimate of drug-likeness (QED) is 0.602. The molecule has 2 amide bonds. The molecule has 2 N–H and O–H groups in total. The zero-order chi connectivity index (χ0) is 24.8. The Morgan fingerprint density at radius 3 is 2.41 bits per heavy atom. The zero-order valence-electron chi connectivity index (χ0n) is 20.1. The molecule has 180 valence electrons.